The molecule has 9 nitrogen and oxygen atoms in total. The van der Waals surface area contributed by atoms with Gasteiger partial charge in [-0.3, -0.25) is 4.57 Å². The van der Waals surface area contributed by atoms with Crippen LogP contribution in [0.2, 0.25) is 0 Å². The number of aromatic hydroxyl groups is 1. The summed E-state index contributed by atoms with van der Waals surface area (Å²) in [7, 11) is 0. The van der Waals surface area contributed by atoms with Crippen LogP contribution in [0.1, 0.15) is 25.1 Å². The molecule has 31 heavy (non-hydrogen) atoms. The monoisotopic (exact) mass is 418 g/mol. The molecule has 0 amide bonds. The van der Waals surface area contributed by atoms with Crippen LogP contribution in [0.3, 0.4) is 0 Å². The van der Waals surface area contributed by atoms with Crippen LogP contribution in [0, 0.1) is 0 Å². The van der Waals surface area contributed by atoms with Crippen LogP contribution in [0.15, 0.2) is 36.7 Å². The third-order valence-electron chi connectivity index (χ3n) is 5.52. The van der Waals surface area contributed by atoms with Gasteiger partial charge in [0.1, 0.15) is 29.3 Å². The van der Waals surface area contributed by atoms with Gasteiger partial charge < -0.3 is 26.0 Å². The maximum absolute atomic E-state index is 9.48. The van der Waals surface area contributed by atoms with Crippen molar-refractivity contribution in [2.75, 3.05) is 40.6 Å². The lowest BCUT2D eigenvalue weighted by atomic mass is 10.1. The molecule has 0 fully saturated rings. The maximum Gasteiger partial charge on any atom is 0.240 e. The highest BCUT2D eigenvalue weighted by molar-refractivity contribution is 5.82. The molecule has 2 aromatic heterocycles. The number of phenolic OH excluding ortho intramolecular Hbond substituents is 1. The lowest BCUT2D eigenvalue weighted by Crippen LogP contribution is -2.30. The lowest BCUT2D eigenvalue weighted by Gasteiger charge is -2.22. The molecule has 0 atom stereocenters. The fraction of sp³-hybridized carbons (Fsp3) is 0.318. The van der Waals surface area contributed by atoms with Gasteiger partial charge in [-0.15, -0.1) is 0 Å². The van der Waals surface area contributed by atoms with Crippen LogP contribution >= 0.6 is 0 Å². The number of phenols is 1. The molecule has 0 aliphatic carbocycles. The van der Waals surface area contributed by atoms with Crippen LogP contribution in [0.25, 0.3) is 12.0 Å². The fourth-order valence-electron chi connectivity index (χ4n) is 3.84. The topological polar surface area (TPSA) is 103 Å². The summed E-state index contributed by atoms with van der Waals surface area (Å²) in [5.74, 6) is 3.42. The van der Waals surface area contributed by atoms with Gasteiger partial charge in [-0.05, 0) is 44.0 Å². The highest BCUT2D eigenvalue weighted by atomic mass is 16.3. The zero-order valence-corrected chi connectivity index (χ0v) is 17.6. The predicted octanol–water partition coefficient (Wildman–Crippen LogP) is 3.06. The van der Waals surface area contributed by atoms with Crippen molar-refractivity contribution in [1.29, 1.82) is 0 Å². The fourth-order valence-corrected chi connectivity index (χ4v) is 3.84. The predicted molar refractivity (Wildman–Crippen MR) is 123 cm³/mol. The van der Waals surface area contributed by atoms with Gasteiger partial charge in [0.05, 0.1) is 6.67 Å². The molecule has 4 N–H and O–H groups in total. The van der Waals surface area contributed by atoms with E-state index < -0.39 is 0 Å². The first-order valence-corrected chi connectivity index (χ1v) is 10.5. The summed E-state index contributed by atoms with van der Waals surface area (Å²) in [6.07, 6.45) is 6.63. The zero-order valence-electron chi connectivity index (χ0n) is 17.6. The SMILES string of the molecule is CC(C)N1CNc2c(NCCc3ccc(O)cc3)nc(-n3cnc4c3NCC=C4)nc21. The van der Waals surface area contributed by atoms with Crippen molar-refractivity contribution in [3.05, 3.63) is 47.9 Å². The molecule has 3 aromatic rings. The van der Waals surface area contributed by atoms with E-state index in [4.69, 9.17) is 9.97 Å². The Morgan fingerprint density at radius 2 is 2.00 bits per heavy atom. The summed E-state index contributed by atoms with van der Waals surface area (Å²) in [4.78, 5) is 16.4. The Morgan fingerprint density at radius 1 is 1.16 bits per heavy atom. The van der Waals surface area contributed by atoms with E-state index in [0.717, 1.165) is 47.4 Å². The maximum atomic E-state index is 9.48. The first-order chi connectivity index (χ1) is 15.1. The normalized spacial score (nSPS) is 14.2. The molecule has 5 rings (SSSR count). The van der Waals surface area contributed by atoms with E-state index in [0.29, 0.717) is 25.2 Å². The van der Waals surface area contributed by atoms with Crippen molar-refractivity contribution in [3.63, 3.8) is 0 Å². The molecule has 160 valence electrons. The minimum atomic E-state index is 0.278. The van der Waals surface area contributed by atoms with Crippen molar-refractivity contribution in [1.82, 2.24) is 19.5 Å². The molecular formula is C22H26N8O. The number of hydrogen-bond acceptors (Lipinski definition) is 8. The number of benzene rings is 1. The Bertz CT molecular complexity index is 1120. The summed E-state index contributed by atoms with van der Waals surface area (Å²) in [6.45, 7) is 6.46. The quantitative estimate of drug-likeness (QED) is 0.484. The minimum absolute atomic E-state index is 0.278. The average molecular weight is 419 g/mol. The molecule has 0 saturated heterocycles. The first-order valence-electron chi connectivity index (χ1n) is 10.5. The smallest absolute Gasteiger partial charge is 0.240 e. The van der Waals surface area contributed by atoms with Gasteiger partial charge in [-0.1, -0.05) is 18.2 Å². The van der Waals surface area contributed by atoms with Crippen molar-refractivity contribution >= 4 is 29.2 Å². The van der Waals surface area contributed by atoms with Crippen LogP contribution in [-0.4, -0.2) is 50.4 Å². The van der Waals surface area contributed by atoms with Gasteiger partial charge in [-0.2, -0.15) is 9.97 Å². The van der Waals surface area contributed by atoms with Crippen LogP contribution in [0.4, 0.5) is 23.1 Å². The second-order valence-electron chi connectivity index (χ2n) is 7.94. The molecule has 1 aromatic carbocycles. The summed E-state index contributed by atoms with van der Waals surface area (Å²) in [5, 5.41) is 19.8. The second kappa shape index (κ2) is 7.82. The van der Waals surface area contributed by atoms with Crippen molar-refractivity contribution in [2.24, 2.45) is 0 Å². The van der Waals surface area contributed by atoms with Crippen molar-refractivity contribution < 1.29 is 5.11 Å². The molecule has 9 heteroatoms. The first kappa shape index (κ1) is 19.2. The number of fused-ring (bicyclic) bond motifs is 2. The number of aromatic nitrogens is 4. The van der Waals surface area contributed by atoms with Crippen molar-refractivity contribution in [3.8, 4) is 11.7 Å². The summed E-state index contributed by atoms with van der Waals surface area (Å²) in [5.41, 5.74) is 2.95. The van der Waals surface area contributed by atoms with Gasteiger partial charge in [-0.25, -0.2) is 4.98 Å². The summed E-state index contributed by atoms with van der Waals surface area (Å²) < 4.78 is 1.90. The third kappa shape index (κ3) is 3.63. The Labute approximate surface area is 180 Å². The molecule has 0 spiro atoms. The van der Waals surface area contributed by atoms with Gasteiger partial charge in [0.2, 0.25) is 5.95 Å². The number of rotatable bonds is 6. The van der Waals surface area contributed by atoms with Crippen LogP contribution < -0.4 is 20.9 Å². The summed E-state index contributed by atoms with van der Waals surface area (Å²) >= 11 is 0. The Balaban J connectivity index is 1.47. The van der Waals surface area contributed by atoms with E-state index in [2.05, 4.69) is 39.7 Å². The van der Waals surface area contributed by atoms with Gasteiger partial charge in [0, 0.05) is 19.1 Å². The Kier molecular flexibility index (Phi) is 4.85. The summed E-state index contributed by atoms with van der Waals surface area (Å²) in [6, 6.07) is 7.59. The Hall–Kier alpha value is -3.75. The largest absolute Gasteiger partial charge is 0.508 e. The van der Waals surface area contributed by atoms with E-state index in [1.807, 2.05) is 28.9 Å². The molecule has 0 bridgehead atoms. The number of nitrogens with zero attached hydrogens (tertiary/aromatic N) is 5. The highest BCUT2D eigenvalue weighted by Gasteiger charge is 2.28. The third-order valence-corrected chi connectivity index (χ3v) is 5.52. The van der Waals surface area contributed by atoms with Gasteiger partial charge in [0.25, 0.3) is 0 Å². The van der Waals surface area contributed by atoms with Crippen molar-refractivity contribution in [2.45, 2.75) is 26.3 Å². The van der Waals surface area contributed by atoms with E-state index in [1.54, 1.807) is 18.5 Å². The van der Waals surface area contributed by atoms with Gasteiger partial charge in [0.15, 0.2) is 11.6 Å². The number of anilines is 4. The van der Waals surface area contributed by atoms with E-state index in [-0.39, 0.29) is 5.75 Å². The molecule has 0 saturated carbocycles. The van der Waals surface area contributed by atoms with Gasteiger partial charge >= 0.3 is 0 Å². The Morgan fingerprint density at radius 3 is 2.81 bits per heavy atom. The van der Waals surface area contributed by atoms with E-state index in [1.165, 1.54) is 0 Å². The second-order valence-corrected chi connectivity index (χ2v) is 7.94. The standard InChI is InChI=1S/C22H26N8O/c1-14(2)29-13-26-18-19(23-11-9-15-5-7-16(31)8-6-15)27-22(28-21(18)29)30-12-25-17-4-3-10-24-20(17)30/h3-8,12,14,24,26,31H,9-11,13H2,1-2H3,(H,23,27,28). The van der Waals surface area contributed by atoms with E-state index in [9.17, 15) is 5.11 Å². The average Bonchev–Trinajstić information content (AvgIpc) is 3.39. The molecule has 0 unspecified atom stereocenters. The van der Waals surface area contributed by atoms with E-state index >= 15 is 0 Å². The number of imidazole rings is 1. The zero-order chi connectivity index (χ0) is 21.4. The van der Waals surface area contributed by atoms with Crippen LogP contribution in [0.5, 0.6) is 5.75 Å². The van der Waals surface area contributed by atoms with Crippen LogP contribution in [-0.2, 0) is 6.42 Å². The molecular weight excluding hydrogens is 392 g/mol. The molecule has 4 heterocycles. The number of nitrogens with one attached hydrogen (secondary N) is 3. The lowest BCUT2D eigenvalue weighted by molar-refractivity contribution is 0.475. The molecule has 0 radical (unpaired) electrons. The highest BCUT2D eigenvalue weighted by Crippen LogP contribution is 2.37. The number of hydrogen-bond donors (Lipinski definition) is 4. The molecule has 2 aliphatic rings. The minimum Gasteiger partial charge on any atom is -0.508 e. The molecule has 2 aliphatic heterocycles.